The van der Waals surface area contributed by atoms with Gasteiger partial charge >= 0.3 is 24.0 Å². The number of nitrogens with one attached hydrogen (secondary N) is 1. The highest BCUT2D eigenvalue weighted by Gasteiger charge is 2.19. The molecule has 0 rings (SSSR count). The molecule has 0 aromatic rings. The van der Waals surface area contributed by atoms with Crippen molar-refractivity contribution in [3.63, 3.8) is 0 Å². The molecule has 0 aliphatic carbocycles. The molecule has 10 nitrogen and oxygen atoms in total. The average Bonchev–Trinajstić information content (AvgIpc) is 3.34. The summed E-state index contributed by atoms with van der Waals surface area (Å²) >= 11 is 0. The Bertz CT molecular complexity index is 1250. The summed E-state index contributed by atoms with van der Waals surface area (Å²) in [5.41, 5.74) is 0. The number of esters is 3. The van der Waals surface area contributed by atoms with Crippen molar-refractivity contribution in [2.24, 2.45) is 5.92 Å². The normalized spacial score (nSPS) is 12.3. The van der Waals surface area contributed by atoms with Crippen LogP contribution in [0.4, 0.5) is 4.79 Å². The zero-order valence-corrected chi connectivity index (χ0v) is 45.3. The maximum Gasteiger partial charge on any atom is 0.407 e. The Balaban J connectivity index is 4.91. The predicted octanol–water partition coefficient (Wildman–Crippen LogP) is 15.8. The molecule has 0 aromatic carbocycles. The van der Waals surface area contributed by atoms with E-state index in [0.29, 0.717) is 32.2 Å². The molecule has 1 N–H and O–H groups in total. The van der Waals surface area contributed by atoms with Crippen LogP contribution in [0.15, 0.2) is 48.6 Å². The zero-order chi connectivity index (χ0) is 50.5. The van der Waals surface area contributed by atoms with Gasteiger partial charge in [0.1, 0.15) is 25.9 Å². The number of unbranched alkanes of at least 4 members (excludes halogenated alkanes) is 21. The molecule has 0 aliphatic rings. The molecule has 0 bridgehead atoms. The molecule has 0 saturated carbocycles. The number of carbonyl (C=O) groups excluding carboxylic acids is 4. The van der Waals surface area contributed by atoms with E-state index in [4.69, 9.17) is 18.9 Å². The van der Waals surface area contributed by atoms with Gasteiger partial charge < -0.3 is 29.2 Å². The highest BCUT2D eigenvalue weighted by molar-refractivity contribution is 5.70. The molecule has 69 heavy (non-hydrogen) atoms. The van der Waals surface area contributed by atoms with Crippen LogP contribution in [-0.4, -0.2) is 81.5 Å². The van der Waals surface area contributed by atoms with Gasteiger partial charge in [-0.2, -0.15) is 0 Å². The van der Waals surface area contributed by atoms with Crippen LogP contribution < -0.4 is 5.32 Å². The number of hydrogen-bond acceptors (Lipinski definition) is 9. The van der Waals surface area contributed by atoms with Crippen LogP contribution in [0.3, 0.4) is 0 Å². The Morgan fingerprint density at radius 2 is 0.812 bits per heavy atom. The van der Waals surface area contributed by atoms with E-state index in [1.54, 1.807) is 0 Å². The highest BCUT2D eigenvalue weighted by Crippen LogP contribution is 2.17. The van der Waals surface area contributed by atoms with Crippen LogP contribution in [0.2, 0.25) is 0 Å². The van der Waals surface area contributed by atoms with E-state index in [1.165, 1.54) is 77.0 Å². The highest BCUT2D eigenvalue weighted by atomic mass is 16.6. The fraction of sp³-hybridized carbons (Fsp3) is 0.797. The second-order valence-corrected chi connectivity index (χ2v) is 19.2. The molecule has 0 spiro atoms. The topological polar surface area (TPSA) is 120 Å². The van der Waals surface area contributed by atoms with E-state index in [9.17, 15) is 19.2 Å². The number of rotatable bonds is 50. The van der Waals surface area contributed by atoms with Crippen molar-refractivity contribution in [1.82, 2.24) is 10.2 Å². The van der Waals surface area contributed by atoms with Gasteiger partial charge in [-0.25, -0.2) is 4.79 Å². The van der Waals surface area contributed by atoms with E-state index >= 15 is 0 Å². The van der Waals surface area contributed by atoms with E-state index < -0.39 is 12.0 Å². The second kappa shape index (κ2) is 52.4. The molecular weight excluding hydrogens is 865 g/mol. The first-order valence-corrected chi connectivity index (χ1v) is 28.4. The van der Waals surface area contributed by atoms with Crippen molar-refractivity contribution < 1.29 is 38.1 Å². The predicted molar refractivity (Wildman–Crippen MR) is 288 cm³/mol. The smallest absolute Gasteiger partial charge is 0.407 e. The Morgan fingerprint density at radius 1 is 0.449 bits per heavy atom. The first kappa shape index (κ1) is 65.6. The lowest BCUT2D eigenvalue weighted by molar-refractivity contribution is -0.153. The number of nitrogens with zero attached hydrogens (tertiary/aromatic N) is 1. The lowest BCUT2D eigenvalue weighted by Crippen LogP contribution is -2.35. The molecule has 0 saturated heterocycles. The first-order chi connectivity index (χ1) is 33.7. The molecule has 0 aliphatic heterocycles. The van der Waals surface area contributed by atoms with Crippen molar-refractivity contribution >= 4 is 24.0 Å². The SMILES string of the molecule is CCCCC/C=C\C/C=C\CCCCCCCC(=O)OCC(COC(=O)CCCCCCC/C=C\C/C=C\CCCCC)COC(=O)CCCC(CCCCCCCC)OC(=O)NCCN(C)CC. The maximum atomic E-state index is 13.0. The van der Waals surface area contributed by atoms with Crippen LogP contribution >= 0.6 is 0 Å². The van der Waals surface area contributed by atoms with E-state index in [0.717, 1.165) is 122 Å². The molecule has 1 atom stereocenters. The summed E-state index contributed by atoms with van der Waals surface area (Å²) in [6.07, 6.45) is 51.4. The molecule has 1 unspecified atom stereocenters. The minimum Gasteiger partial charge on any atom is -0.465 e. The summed E-state index contributed by atoms with van der Waals surface area (Å²) < 4.78 is 22.8. The number of alkyl carbamates (subject to hydrolysis) is 1. The fourth-order valence-corrected chi connectivity index (χ4v) is 7.74. The van der Waals surface area contributed by atoms with E-state index in [2.05, 4.69) is 86.5 Å². The van der Waals surface area contributed by atoms with Gasteiger partial charge in [-0.15, -0.1) is 0 Å². The van der Waals surface area contributed by atoms with Gasteiger partial charge in [-0.3, -0.25) is 14.4 Å². The Kier molecular flexibility index (Phi) is 49.8. The molecule has 0 fully saturated rings. The van der Waals surface area contributed by atoms with Crippen LogP contribution in [0.25, 0.3) is 0 Å². The lowest BCUT2D eigenvalue weighted by Gasteiger charge is -2.20. The molecule has 0 aromatic heterocycles. The lowest BCUT2D eigenvalue weighted by atomic mass is 10.0. The van der Waals surface area contributed by atoms with Crippen LogP contribution in [0.1, 0.15) is 246 Å². The quantitative estimate of drug-likeness (QED) is 0.0275. The number of amides is 1. The van der Waals surface area contributed by atoms with Gasteiger partial charge in [0.2, 0.25) is 0 Å². The van der Waals surface area contributed by atoms with E-state index in [-0.39, 0.29) is 50.3 Å². The molecule has 400 valence electrons. The standard InChI is InChI=1S/C59H106N2O8/c1-6-10-13-16-19-21-23-25-27-29-31-33-35-38-41-46-56(62)66-51-54(52-67-57(63)47-42-39-36-34-32-30-28-26-24-22-20-17-14-11-7-2)53-68-58(64)48-43-45-55(44-40-37-18-15-12-8-3)69-59(65)60-49-50-61(5)9-4/h19-22,25-28,54-55H,6-18,23-24,29-53H2,1-5H3,(H,60,65)/b21-19-,22-20-,27-25-,28-26-. The van der Waals surface area contributed by atoms with Gasteiger partial charge in [0.05, 0.1) is 5.92 Å². The first-order valence-electron chi connectivity index (χ1n) is 28.4. The van der Waals surface area contributed by atoms with Gasteiger partial charge in [-0.05, 0) is 116 Å². The molecule has 0 radical (unpaired) electrons. The Labute approximate surface area is 424 Å². The van der Waals surface area contributed by atoms with Crippen LogP contribution in [-0.2, 0) is 33.3 Å². The van der Waals surface area contributed by atoms with Gasteiger partial charge in [-0.1, -0.05) is 173 Å². The number of likely N-dealkylation sites (N-methyl/N-ethyl adjacent to an activating group) is 1. The number of hydrogen-bond donors (Lipinski definition) is 1. The summed E-state index contributed by atoms with van der Waals surface area (Å²) in [5, 5.41) is 2.86. The average molecular weight is 972 g/mol. The molecule has 0 heterocycles. The summed E-state index contributed by atoms with van der Waals surface area (Å²) in [4.78, 5) is 53.2. The number of allylic oxidation sites excluding steroid dienone is 8. The molecule has 10 heteroatoms. The largest absolute Gasteiger partial charge is 0.465 e. The summed E-state index contributed by atoms with van der Waals surface area (Å²) in [6.45, 7) is 10.9. The number of ether oxygens (including phenoxy) is 4. The third-order valence-electron chi connectivity index (χ3n) is 12.5. The monoisotopic (exact) mass is 971 g/mol. The summed E-state index contributed by atoms with van der Waals surface area (Å²) in [7, 11) is 2.01. The van der Waals surface area contributed by atoms with Gasteiger partial charge in [0, 0.05) is 32.4 Å². The molecular formula is C59H106N2O8. The van der Waals surface area contributed by atoms with Crippen molar-refractivity contribution in [2.75, 3.05) is 46.5 Å². The van der Waals surface area contributed by atoms with Crippen molar-refractivity contribution in [3.05, 3.63) is 48.6 Å². The minimum atomic E-state index is -0.463. The van der Waals surface area contributed by atoms with Gasteiger partial charge in [0.15, 0.2) is 0 Å². The van der Waals surface area contributed by atoms with E-state index in [1.807, 2.05) is 7.05 Å². The van der Waals surface area contributed by atoms with Crippen LogP contribution in [0, 0.1) is 5.92 Å². The second-order valence-electron chi connectivity index (χ2n) is 19.2. The molecule has 1 amide bonds. The summed E-state index contributed by atoms with van der Waals surface area (Å²) in [6, 6.07) is 0. The third kappa shape index (κ3) is 49.4. The van der Waals surface area contributed by atoms with Gasteiger partial charge in [0.25, 0.3) is 0 Å². The third-order valence-corrected chi connectivity index (χ3v) is 12.5. The van der Waals surface area contributed by atoms with Crippen LogP contribution in [0.5, 0.6) is 0 Å². The van der Waals surface area contributed by atoms with Crippen molar-refractivity contribution in [1.29, 1.82) is 0 Å². The Morgan fingerprint density at radius 3 is 1.26 bits per heavy atom. The minimum absolute atomic E-state index is 0.0146. The fourth-order valence-electron chi connectivity index (χ4n) is 7.74. The maximum absolute atomic E-state index is 13.0. The Hall–Kier alpha value is -3.40. The van der Waals surface area contributed by atoms with Crippen molar-refractivity contribution in [2.45, 2.75) is 252 Å². The summed E-state index contributed by atoms with van der Waals surface area (Å²) in [5.74, 6) is -1.41. The van der Waals surface area contributed by atoms with Crippen molar-refractivity contribution in [3.8, 4) is 0 Å². The zero-order valence-electron chi connectivity index (χ0n) is 45.3. The number of carbonyl (C=O) groups is 4.